The van der Waals surface area contributed by atoms with Crippen LogP contribution < -0.4 is 5.32 Å². The van der Waals surface area contributed by atoms with Crippen molar-refractivity contribution in [3.63, 3.8) is 0 Å². The van der Waals surface area contributed by atoms with E-state index >= 15 is 0 Å². The number of anilines is 1. The number of rotatable bonds is 4. The van der Waals surface area contributed by atoms with E-state index in [4.69, 9.17) is 5.11 Å². The maximum atomic E-state index is 13.7. The van der Waals surface area contributed by atoms with Gasteiger partial charge in [-0.25, -0.2) is 9.18 Å². The maximum absolute atomic E-state index is 13.7. The number of carbonyl (C=O) groups excluding carboxylic acids is 1. The highest BCUT2D eigenvalue weighted by molar-refractivity contribution is 6.01. The number of halogens is 1. The number of benzene rings is 2. The molecule has 0 spiro atoms. The second-order valence-electron chi connectivity index (χ2n) is 4.68. The summed E-state index contributed by atoms with van der Waals surface area (Å²) in [4.78, 5) is 23.0. The van der Waals surface area contributed by atoms with Gasteiger partial charge in [0, 0.05) is 0 Å². The Morgan fingerprint density at radius 1 is 1.19 bits per heavy atom. The summed E-state index contributed by atoms with van der Waals surface area (Å²) in [6, 6.07) is 11.0. The van der Waals surface area contributed by atoms with Crippen LogP contribution in [0.1, 0.15) is 21.5 Å². The summed E-state index contributed by atoms with van der Waals surface area (Å²) >= 11 is 0. The normalized spacial score (nSPS) is 10.2. The third kappa shape index (κ3) is 3.66. The molecule has 0 fully saturated rings. The largest absolute Gasteiger partial charge is 0.478 e. The van der Waals surface area contributed by atoms with Crippen LogP contribution in [0.4, 0.5) is 10.1 Å². The molecule has 0 aliphatic rings. The van der Waals surface area contributed by atoms with E-state index in [2.05, 4.69) is 5.32 Å². The Kier molecular flexibility index (Phi) is 4.33. The number of carboxylic acids is 1. The smallest absolute Gasteiger partial charge is 0.337 e. The van der Waals surface area contributed by atoms with Gasteiger partial charge >= 0.3 is 5.97 Å². The first-order valence-corrected chi connectivity index (χ1v) is 6.34. The van der Waals surface area contributed by atoms with Gasteiger partial charge < -0.3 is 10.4 Å². The van der Waals surface area contributed by atoms with E-state index < -0.39 is 17.7 Å². The molecule has 108 valence electrons. The number of nitrogens with one attached hydrogen (secondary N) is 1. The van der Waals surface area contributed by atoms with Gasteiger partial charge in [-0.15, -0.1) is 0 Å². The quantitative estimate of drug-likeness (QED) is 0.908. The molecule has 2 rings (SSSR count). The van der Waals surface area contributed by atoms with Crippen LogP contribution >= 0.6 is 0 Å². The fourth-order valence-corrected chi connectivity index (χ4v) is 2.02. The van der Waals surface area contributed by atoms with Crippen molar-refractivity contribution in [3.05, 3.63) is 65.0 Å². The Bertz CT molecular complexity index is 698. The standard InChI is InChI=1S/C16H14FNO3/c1-10-4-2-5-11(8-10)9-14(19)18-15-12(16(20)21)6-3-7-13(15)17/h2-8H,9H2,1H3,(H,18,19)(H,20,21). The topological polar surface area (TPSA) is 66.4 Å². The summed E-state index contributed by atoms with van der Waals surface area (Å²) in [7, 11) is 0. The Hall–Kier alpha value is -2.69. The van der Waals surface area contributed by atoms with Gasteiger partial charge in [-0.2, -0.15) is 0 Å². The molecule has 2 aromatic rings. The number of hydrogen-bond acceptors (Lipinski definition) is 2. The summed E-state index contributed by atoms with van der Waals surface area (Å²) in [6.07, 6.45) is 0.0507. The molecule has 4 nitrogen and oxygen atoms in total. The van der Waals surface area contributed by atoms with Crippen molar-refractivity contribution in [1.82, 2.24) is 0 Å². The van der Waals surface area contributed by atoms with Crippen LogP contribution in [0.2, 0.25) is 0 Å². The van der Waals surface area contributed by atoms with E-state index in [-0.39, 0.29) is 17.7 Å². The van der Waals surface area contributed by atoms with Gasteiger partial charge in [-0.3, -0.25) is 4.79 Å². The predicted molar refractivity (Wildman–Crippen MR) is 76.9 cm³/mol. The number of amides is 1. The van der Waals surface area contributed by atoms with Gasteiger partial charge in [0.2, 0.25) is 5.91 Å². The SMILES string of the molecule is Cc1cccc(CC(=O)Nc2c(F)cccc2C(=O)O)c1. The molecule has 1 amide bonds. The molecule has 2 N–H and O–H groups in total. The van der Waals surface area contributed by atoms with Gasteiger partial charge in [0.25, 0.3) is 0 Å². The molecule has 0 aliphatic heterocycles. The Labute approximate surface area is 121 Å². The molecule has 0 atom stereocenters. The number of carboxylic acid groups (broad SMARTS) is 1. The summed E-state index contributed by atoms with van der Waals surface area (Å²) in [5.41, 5.74) is 1.22. The number of carbonyl (C=O) groups is 2. The van der Waals surface area contributed by atoms with Crippen LogP contribution in [0.25, 0.3) is 0 Å². The predicted octanol–water partition coefficient (Wildman–Crippen LogP) is 3.01. The van der Waals surface area contributed by atoms with E-state index in [1.165, 1.54) is 12.1 Å². The highest BCUT2D eigenvalue weighted by atomic mass is 19.1. The van der Waals surface area contributed by atoms with Crippen molar-refractivity contribution in [2.24, 2.45) is 0 Å². The van der Waals surface area contributed by atoms with Crippen molar-refractivity contribution in [3.8, 4) is 0 Å². The van der Waals surface area contributed by atoms with E-state index in [0.29, 0.717) is 0 Å². The number of hydrogen-bond donors (Lipinski definition) is 2. The molecule has 0 unspecified atom stereocenters. The zero-order valence-electron chi connectivity index (χ0n) is 11.4. The van der Waals surface area contributed by atoms with E-state index in [9.17, 15) is 14.0 Å². The lowest BCUT2D eigenvalue weighted by atomic mass is 10.1. The summed E-state index contributed by atoms with van der Waals surface area (Å²) < 4.78 is 13.7. The molecule has 21 heavy (non-hydrogen) atoms. The Morgan fingerprint density at radius 2 is 1.90 bits per heavy atom. The first kappa shape index (κ1) is 14.7. The first-order chi connectivity index (χ1) is 9.97. The third-order valence-corrected chi connectivity index (χ3v) is 2.96. The summed E-state index contributed by atoms with van der Waals surface area (Å²) in [6.45, 7) is 1.90. The number of para-hydroxylation sites is 1. The van der Waals surface area contributed by atoms with E-state index in [1.54, 1.807) is 6.07 Å². The molecule has 0 aromatic heterocycles. The zero-order chi connectivity index (χ0) is 15.4. The minimum atomic E-state index is -1.29. The van der Waals surface area contributed by atoms with Crippen LogP contribution in [0.5, 0.6) is 0 Å². The number of aryl methyl sites for hydroxylation is 1. The monoisotopic (exact) mass is 287 g/mol. The average Bonchev–Trinajstić information content (AvgIpc) is 2.40. The molecule has 2 aromatic carbocycles. The highest BCUT2D eigenvalue weighted by Gasteiger charge is 2.16. The molecule has 0 heterocycles. The molecular weight excluding hydrogens is 273 g/mol. The number of aromatic carboxylic acids is 1. The van der Waals surface area contributed by atoms with Gasteiger partial charge in [-0.05, 0) is 24.6 Å². The fourth-order valence-electron chi connectivity index (χ4n) is 2.02. The van der Waals surface area contributed by atoms with Crippen LogP contribution in [-0.4, -0.2) is 17.0 Å². The first-order valence-electron chi connectivity index (χ1n) is 6.34. The van der Waals surface area contributed by atoms with Crippen LogP contribution in [-0.2, 0) is 11.2 Å². The molecule has 0 bridgehead atoms. The van der Waals surface area contributed by atoms with Crippen molar-refractivity contribution in [1.29, 1.82) is 0 Å². The minimum Gasteiger partial charge on any atom is -0.478 e. The Balaban J connectivity index is 2.18. The fraction of sp³-hybridized carbons (Fsp3) is 0.125. The van der Waals surface area contributed by atoms with Gasteiger partial charge in [0.05, 0.1) is 17.7 Å². The molecule has 5 heteroatoms. The zero-order valence-corrected chi connectivity index (χ0v) is 11.4. The second kappa shape index (κ2) is 6.17. The van der Waals surface area contributed by atoms with E-state index in [1.807, 2.05) is 25.1 Å². The maximum Gasteiger partial charge on any atom is 0.337 e. The van der Waals surface area contributed by atoms with Crippen molar-refractivity contribution < 1.29 is 19.1 Å². The second-order valence-corrected chi connectivity index (χ2v) is 4.68. The van der Waals surface area contributed by atoms with Gasteiger partial charge in [-0.1, -0.05) is 35.9 Å². The van der Waals surface area contributed by atoms with Gasteiger partial charge in [0.1, 0.15) is 5.82 Å². The van der Waals surface area contributed by atoms with Gasteiger partial charge in [0.15, 0.2) is 0 Å². The molecule has 0 saturated heterocycles. The van der Waals surface area contributed by atoms with Crippen LogP contribution in [0, 0.1) is 12.7 Å². The average molecular weight is 287 g/mol. The van der Waals surface area contributed by atoms with Crippen molar-refractivity contribution in [2.75, 3.05) is 5.32 Å². The lowest BCUT2D eigenvalue weighted by molar-refractivity contribution is -0.115. The van der Waals surface area contributed by atoms with Crippen LogP contribution in [0.3, 0.4) is 0 Å². The van der Waals surface area contributed by atoms with Crippen molar-refractivity contribution in [2.45, 2.75) is 13.3 Å². The minimum absolute atomic E-state index is 0.0507. The summed E-state index contributed by atoms with van der Waals surface area (Å²) in [5.74, 6) is -2.53. The third-order valence-electron chi connectivity index (χ3n) is 2.96. The van der Waals surface area contributed by atoms with Crippen LogP contribution in [0.15, 0.2) is 42.5 Å². The van der Waals surface area contributed by atoms with Crippen molar-refractivity contribution >= 4 is 17.6 Å². The molecule has 0 saturated carbocycles. The summed E-state index contributed by atoms with van der Waals surface area (Å²) in [5, 5.41) is 11.3. The lowest BCUT2D eigenvalue weighted by Gasteiger charge is -2.09. The molecular formula is C16H14FNO3. The molecule has 0 aliphatic carbocycles. The highest BCUT2D eigenvalue weighted by Crippen LogP contribution is 2.20. The van der Waals surface area contributed by atoms with E-state index in [0.717, 1.165) is 17.2 Å². The lowest BCUT2D eigenvalue weighted by Crippen LogP contribution is -2.18. The Morgan fingerprint density at radius 3 is 2.57 bits per heavy atom. The molecule has 0 radical (unpaired) electrons.